The monoisotopic (exact) mass is 235 g/mol. The zero-order valence-electron chi connectivity index (χ0n) is 9.53. The number of para-hydroxylation sites is 1. The molecule has 0 bridgehead atoms. The molecule has 2 aliphatic heterocycles. The lowest BCUT2D eigenvalue weighted by atomic mass is 9.99. The number of fused-ring (bicyclic) bond motifs is 2. The summed E-state index contributed by atoms with van der Waals surface area (Å²) in [5, 5.41) is 4.43. The summed E-state index contributed by atoms with van der Waals surface area (Å²) in [6.07, 6.45) is 2.33. The molecule has 86 valence electrons. The van der Waals surface area contributed by atoms with Gasteiger partial charge in [-0.25, -0.2) is 0 Å². The van der Waals surface area contributed by atoms with Crippen LogP contribution in [0, 0.1) is 0 Å². The molecular weight excluding hydrogens is 218 g/mol. The van der Waals surface area contributed by atoms with Gasteiger partial charge in [-0.05, 0) is 19.0 Å². The van der Waals surface area contributed by atoms with Crippen molar-refractivity contribution in [3.05, 3.63) is 29.8 Å². The molecule has 2 heterocycles. The van der Waals surface area contributed by atoms with Crippen molar-refractivity contribution in [1.29, 1.82) is 0 Å². The van der Waals surface area contributed by atoms with Gasteiger partial charge in [0.2, 0.25) is 0 Å². The van der Waals surface area contributed by atoms with E-state index in [0.29, 0.717) is 0 Å². The summed E-state index contributed by atoms with van der Waals surface area (Å²) in [6, 6.07) is 8.44. The van der Waals surface area contributed by atoms with E-state index in [1.165, 1.54) is 12.0 Å². The minimum Gasteiger partial charge on any atom is -0.493 e. The fourth-order valence-corrected chi connectivity index (χ4v) is 4.20. The van der Waals surface area contributed by atoms with Crippen LogP contribution in [0.2, 0.25) is 0 Å². The highest BCUT2D eigenvalue weighted by Crippen LogP contribution is 2.48. The molecule has 16 heavy (non-hydrogen) atoms. The van der Waals surface area contributed by atoms with Crippen molar-refractivity contribution in [2.24, 2.45) is 0 Å². The van der Waals surface area contributed by atoms with E-state index in [1.54, 1.807) is 0 Å². The van der Waals surface area contributed by atoms with E-state index in [2.05, 4.69) is 48.3 Å². The lowest BCUT2D eigenvalue weighted by molar-refractivity contribution is 0.234. The summed E-state index contributed by atoms with van der Waals surface area (Å²) >= 11 is 2.06. The fourth-order valence-electron chi connectivity index (χ4n) is 2.59. The van der Waals surface area contributed by atoms with Crippen LogP contribution in [0.1, 0.15) is 25.3 Å². The number of ether oxygens (including phenoxy) is 1. The van der Waals surface area contributed by atoms with Crippen molar-refractivity contribution in [1.82, 2.24) is 5.32 Å². The number of thioether (sulfide) groups is 1. The second kappa shape index (κ2) is 3.97. The fraction of sp³-hybridized carbons (Fsp3) is 0.538. The van der Waals surface area contributed by atoms with Gasteiger partial charge < -0.3 is 4.74 Å². The van der Waals surface area contributed by atoms with E-state index >= 15 is 0 Å². The Kier molecular flexibility index (Phi) is 2.60. The molecule has 0 radical (unpaired) electrons. The van der Waals surface area contributed by atoms with Gasteiger partial charge in [-0.1, -0.05) is 25.1 Å². The van der Waals surface area contributed by atoms with Crippen molar-refractivity contribution in [2.45, 2.75) is 29.9 Å². The Bertz CT molecular complexity index is 395. The molecule has 3 rings (SSSR count). The van der Waals surface area contributed by atoms with Crippen LogP contribution >= 0.6 is 11.8 Å². The van der Waals surface area contributed by atoms with Crippen LogP contribution in [-0.4, -0.2) is 18.4 Å². The molecule has 0 amide bonds. The van der Waals surface area contributed by atoms with Gasteiger partial charge in [0, 0.05) is 17.2 Å². The van der Waals surface area contributed by atoms with E-state index in [9.17, 15) is 0 Å². The van der Waals surface area contributed by atoms with E-state index in [-0.39, 0.29) is 4.87 Å². The van der Waals surface area contributed by atoms with E-state index in [4.69, 9.17) is 4.74 Å². The van der Waals surface area contributed by atoms with Crippen LogP contribution < -0.4 is 10.1 Å². The zero-order chi connectivity index (χ0) is 11.0. The molecule has 3 heteroatoms. The lowest BCUT2D eigenvalue weighted by Gasteiger charge is -2.44. The van der Waals surface area contributed by atoms with Gasteiger partial charge in [0.1, 0.15) is 5.75 Å². The van der Waals surface area contributed by atoms with Gasteiger partial charge in [-0.3, -0.25) is 5.32 Å². The van der Waals surface area contributed by atoms with Gasteiger partial charge in [0.15, 0.2) is 0 Å². The van der Waals surface area contributed by atoms with Crippen LogP contribution in [0.3, 0.4) is 0 Å². The third-order valence-electron chi connectivity index (χ3n) is 3.40. The van der Waals surface area contributed by atoms with Gasteiger partial charge in [-0.2, -0.15) is 0 Å². The first kappa shape index (κ1) is 10.5. The minimum atomic E-state index is 0.104. The first-order valence-electron chi connectivity index (χ1n) is 5.95. The second-order valence-corrected chi connectivity index (χ2v) is 6.30. The number of hydrogen-bond donors (Lipinski definition) is 1. The van der Waals surface area contributed by atoms with E-state index in [1.807, 2.05) is 0 Å². The van der Waals surface area contributed by atoms with Crippen molar-refractivity contribution >= 4 is 11.8 Å². The largest absolute Gasteiger partial charge is 0.493 e. The van der Waals surface area contributed by atoms with Crippen LogP contribution in [0.4, 0.5) is 0 Å². The van der Waals surface area contributed by atoms with Crippen molar-refractivity contribution in [3.8, 4) is 5.75 Å². The molecule has 2 aliphatic rings. The summed E-state index contributed by atoms with van der Waals surface area (Å²) in [5.41, 5.74) is 1.33. The second-order valence-electron chi connectivity index (χ2n) is 4.57. The highest BCUT2D eigenvalue weighted by Gasteiger charge is 2.41. The number of rotatable bonds is 0. The Morgan fingerprint density at radius 3 is 3.19 bits per heavy atom. The van der Waals surface area contributed by atoms with Gasteiger partial charge >= 0.3 is 0 Å². The summed E-state index contributed by atoms with van der Waals surface area (Å²) in [7, 11) is 0. The Hall–Kier alpha value is -0.670. The Morgan fingerprint density at radius 1 is 1.44 bits per heavy atom. The highest BCUT2D eigenvalue weighted by atomic mass is 32.2. The molecule has 1 saturated heterocycles. The van der Waals surface area contributed by atoms with E-state index in [0.717, 1.165) is 30.6 Å². The molecule has 0 aromatic heterocycles. The predicted molar refractivity (Wildman–Crippen MR) is 67.9 cm³/mol. The average Bonchev–Trinajstić information content (AvgIpc) is 2.30. The molecule has 2 atom stereocenters. The summed E-state index contributed by atoms with van der Waals surface area (Å²) in [4.78, 5) is 0.104. The number of nitrogens with one attached hydrogen (secondary N) is 1. The maximum Gasteiger partial charge on any atom is 0.125 e. The molecule has 2 unspecified atom stereocenters. The maximum atomic E-state index is 5.73. The third-order valence-corrected chi connectivity index (χ3v) is 5.01. The van der Waals surface area contributed by atoms with Crippen LogP contribution in [-0.2, 0) is 4.87 Å². The van der Waals surface area contributed by atoms with Gasteiger partial charge in [0.25, 0.3) is 0 Å². The Morgan fingerprint density at radius 2 is 2.31 bits per heavy atom. The molecule has 1 N–H and O–H groups in total. The van der Waals surface area contributed by atoms with Crippen LogP contribution in [0.25, 0.3) is 0 Å². The first-order chi connectivity index (χ1) is 7.80. The van der Waals surface area contributed by atoms with Gasteiger partial charge in [0.05, 0.1) is 11.5 Å². The van der Waals surface area contributed by atoms with Crippen molar-refractivity contribution < 1.29 is 4.74 Å². The first-order valence-corrected chi connectivity index (χ1v) is 6.83. The number of hydrogen-bond acceptors (Lipinski definition) is 3. The maximum absolute atomic E-state index is 5.73. The Balaban J connectivity index is 2.02. The summed E-state index contributed by atoms with van der Waals surface area (Å²) in [6.45, 7) is 4.26. The third kappa shape index (κ3) is 1.62. The smallest absolute Gasteiger partial charge is 0.125 e. The molecule has 1 aromatic rings. The van der Waals surface area contributed by atoms with Crippen LogP contribution in [0.15, 0.2) is 24.3 Å². The Labute approximate surface area is 101 Å². The molecule has 1 spiro atoms. The van der Waals surface area contributed by atoms with Crippen molar-refractivity contribution in [3.63, 3.8) is 0 Å². The molecule has 0 saturated carbocycles. The SMILES string of the molecule is CC1CCNC2(CCOc3ccccc32)S1. The molecule has 0 aliphatic carbocycles. The summed E-state index contributed by atoms with van der Waals surface area (Å²) < 4.78 is 5.73. The predicted octanol–water partition coefficient (Wildman–Crippen LogP) is 2.74. The van der Waals surface area contributed by atoms with Crippen LogP contribution in [0.5, 0.6) is 5.75 Å². The lowest BCUT2D eigenvalue weighted by Crippen LogP contribution is -2.48. The van der Waals surface area contributed by atoms with Gasteiger partial charge in [-0.15, -0.1) is 11.8 Å². The average molecular weight is 235 g/mol. The molecule has 2 nitrogen and oxygen atoms in total. The van der Waals surface area contributed by atoms with E-state index < -0.39 is 0 Å². The number of benzene rings is 1. The normalized spacial score (nSPS) is 33.2. The quantitative estimate of drug-likeness (QED) is 0.747. The topological polar surface area (TPSA) is 21.3 Å². The standard InChI is InChI=1S/C13H17NOS/c1-10-6-8-14-13(16-10)7-9-15-12-5-3-2-4-11(12)13/h2-5,10,14H,6-9H2,1H3. The molecule has 1 aromatic carbocycles. The molecular formula is C13H17NOS. The minimum absolute atomic E-state index is 0.104. The summed E-state index contributed by atoms with van der Waals surface area (Å²) in [5.74, 6) is 1.06. The molecule has 1 fully saturated rings. The van der Waals surface area contributed by atoms with Crippen molar-refractivity contribution in [2.75, 3.05) is 13.2 Å². The highest BCUT2D eigenvalue weighted by molar-refractivity contribution is 8.00. The zero-order valence-corrected chi connectivity index (χ0v) is 10.3.